The number of carbonyl (C=O) groups is 1. The van der Waals surface area contributed by atoms with Crippen LogP contribution >= 0.6 is 11.8 Å². The second-order valence-electron chi connectivity index (χ2n) is 7.51. The van der Waals surface area contributed by atoms with Crippen LogP contribution in [0.2, 0.25) is 0 Å². The first kappa shape index (κ1) is 17.0. The highest BCUT2D eigenvalue weighted by molar-refractivity contribution is 8.00. The van der Waals surface area contributed by atoms with E-state index in [0.29, 0.717) is 11.6 Å². The molecule has 26 heavy (non-hydrogen) atoms. The number of para-hydroxylation sites is 1. The number of hydrogen-bond acceptors (Lipinski definition) is 5. The fourth-order valence-corrected chi connectivity index (χ4v) is 4.20. The number of nitrogens with zero attached hydrogens (tertiary/aromatic N) is 4. The predicted molar refractivity (Wildman–Crippen MR) is 102 cm³/mol. The van der Waals surface area contributed by atoms with E-state index < -0.39 is 0 Å². The molecule has 6 heteroatoms. The second-order valence-corrected chi connectivity index (χ2v) is 8.68. The summed E-state index contributed by atoms with van der Waals surface area (Å²) in [5.74, 6) is 0.165. The Morgan fingerprint density at radius 3 is 2.62 bits per heavy atom. The zero-order valence-electron chi connectivity index (χ0n) is 15.0. The third-order valence-electron chi connectivity index (χ3n) is 4.63. The smallest absolute Gasteiger partial charge is 0.214 e. The molecule has 1 unspecified atom stereocenters. The van der Waals surface area contributed by atoms with Gasteiger partial charge in [0.1, 0.15) is 0 Å². The van der Waals surface area contributed by atoms with Crippen molar-refractivity contribution in [3.63, 3.8) is 0 Å². The maximum Gasteiger partial charge on any atom is 0.214 e. The number of ketones is 1. The molecule has 1 heterocycles. The molecule has 132 valence electrons. The molecule has 0 aliphatic heterocycles. The van der Waals surface area contributed by atoms with Gasteiger partial charge in [0.15, 0.2) is 5.78 Å². The summed E-state index contributed by atoms with van der Waals surface area (Å²) in [4.78, 5) is 13.0. The van der Waals surface area contributed by atoms with Crippen LogP contribution in [0.3, 0.4) is 0 Å². The fraction of sp³-hybridized carbons (Fsp3) is 0.300. The van der Waals surface area contributed by atoms with Crippen LogP contribution in [0.5, 0.6) is 0 Å². The number of rotatable bonds is 3. The number of carbonyl (C=O) groups excluding carboxylic acids is 1. The summed E-state index contributed by atoms with van der Waals surface area (Å²) >= 11 is 1.43. The van der Waals surface area contributed by atoms with Crippen molar-refractivity contribution in [2.24, 2.45) is 0 Å². The summed E-state index contributed by atoms with van der Waals surface area (Å²) in [5.41, 5.74) is 4.05. The lowest BCUT2D eigenvalue weighted by molar-refractivity contribution is 0.1000. The van der Waals surface area contributed by atoms with Crippen LogP contribution in [0, 0.1) is 0 Å². The molecule has 0 fully saturated rings. The van der Waals surface area contributed by atoms with Crippen molar-refractivity contribution in [1.82, 2.24) is 20.2 Å². The summed E-state index contributed by atoms with van der Waals surface area (Å²) in [6.45, 7) is 6.48. The van der Waals surface area contributed by atoms with Crippen LogP contribution in [-0.2, 0) is 11.8 Å². The van der Waals surface area contributed by atoms with E-state index in [0.717, 1.165) is 16.8 Å². The Hall–Kier alpha value is -2.47. The van der Waals surface area contributed by atoms with Gasteiger partial charge in [0.25, 0.3) is 0 Å². The van der Waals surface area contributed by atoms with Crippen LogP contribution in [-0.4, -0.2) is 31.2 Å². The summed E-state index contributed by atoms with van der Waals surface area (Å²) in [5, 5.41) is 12.4. The molecule has 2 aromatic carbocycles. The monoisotopic (exact) mass is 364 g/mol. The van der Waals surface area contributed by atoms with Gasteiger partial charge < -0.3 is 0 Å². The Balaban J connectivity index is 1.60. The highest BCUT2D eigenvalue weighted by Gasteiger charge is 2.33. The minimum atomic E-state index is -0.186. The molecular formula is C20H20N4OS. The fourth-order valence-electron chi connectivity index (χ4n) is 3.12. The maximum absolute atomic E-state index is 13.0. The zero-order valence-corrected chi connectivity index (χ0v) is 15.8. The zero-order chi connectivity index (χ0) is 18.3. The molecule has 1 aromatic heterocycles. The van der Waals surface area contributed by atoms with Crippen molar-refractivity contribution in [3.8, 4) is 5.69 Å². The number of benzene rings is 2. The van der Waals surface area contributed by atoms with Crippen molar-refractivity contribution < 1.29 is 4.79 Å². The molecule has 3 aromatic rings. The molecule has 4 rings (SSSR count). The predicted octanol–water partition coefficient (Wildman–Crippen LogP) is 3.86. The van der Waals surface area contributed by atoms with E-state index in [4.69, 9.17) is 0 Å². The number of tetrazole rings is 1. The number of fused-ring (bicyclic) bond motifs is 1. The van der Waals surface area contributed by atoms with Gasteiger partial charge in [-0.1, -0.05) is 62.9 Å². The van der Waals surface area contributed by atoms with E-state index >= 15 is 0 Å². The van der Waals surface area contributed by atoms with Crippen molar-refractivity contribution >= 4 is 17.5 Å². The minimum absolute atomic E-state index is 0.0257. The average molecular weight is 364 g/mol. The first-order valence-electron chi connectivity index (χ1n) is 8.61. The number of thioether (sulfide) groups is 1. The summed E-state index contributed by atoms with van der Waals surface area (Å²) in [7, 11) is 0. The lowest BCUT2D eigenvalue weighted by atomic mass is 9.85. The second kappa shape index (κ2) is 6.36. The SMILES string of the molecule is CC(C)(C)c1ccc2c(c1)C(=O)C(Sc1nnnn1-c1ccccc1)C2. The van der Waals surface area contributed by atoms with Crippen LogP contribution < -0.4 is 0 Å². The van der Waals surface area contributed by atoms with Gasteiger partial charge >= 0.3 is 0 Å². The standard InChI is InChI=1S/C20H20N4OS/c1-20(2,3)14-10-9-13-11-17(18(25)16(13)12-14)26-19-21-22-23-24(19)15-7-5-4-6-8-15/h4-10,12,17H,11H2,1-3H3. The first-order valence-corrected chi connectivity index (χ1v) is 9.49. The number of Topliss-reactive ketones (excluding diaryl/α,β-unsaturated/α-hetero) is 1. The maximum atomic E-state index is 13.0. The molecule has 0 saturated heterocycles. The topological polar surface area (TPSA) is 60.7 Å². The Morgan fingerprint density at radius 2 is 1.88 bits per heavy atom. The molecule has 0 radical (unpaired) electrons. The lowest BCUT2D eigenvalue weighted by Crippen LogP contribution is -2.14. The normalized spacial score (nSPS) is 16.7. The van der Waals surface area contributed by atoms with Crippen LogP contribution in [0.4, 0.5) is 0 Å². The van der Waals surface area contributed by atoms with E-state index in [-0.39, 0.29) is 16.4 Å². The van der Waals surface area contributed by atoms with Crippen LogP contribution in [0.15, 0.2) is 53.7 Å². The van der Waals surface area contributed by atoms with E-state index in [1.54, 1.807) is 4.68 Å². The Labute approximate surface area is 156 Å². The molecule has 1 aliphatic carbocycles. The Bertz CT molecular complexity index is 959. The van der Waals surface area contributed by atoms with Crippen LogP contribution in [0.1, 0.15) is 42.3 Å². The molecule has 0 amide bonds. The number of hydrogen-bond donors (Lipinski definition) is 0. The van der Waals surface area contributed by atoms with Gasteiger partial charge in [0, 0.05) is 5.56 Å². The average Bonchev–Trinajstić information content (AvgIpc) is 3.20. The summed E-state index contributed by atoms with van der Waals surface area (Å²) in [6, 6.07) is 16.0. The largest absolute Gasteiger partial charge is 0.293 e. The van der Waals surface area contributed by atoms with E-state index in [9.17, 15) is 4.79 Å². The minimum Gasteiger partial charge on any atom is -0.293 e. The first-order chi connectivity index (χ1) is 12.4. The molecule has 1 aliphatic rings. The molecule has 1 atom stereocenters. The van der Waals surface area contributed by atoms with Crippen molar-refractivity contribution in [2.75, 3.05) is 0 Å². The van der Waals surface area contributed by atoms with Crippen molar-refractivity contribution in [1.29, 1.82) is 0 Å². The third kappa shape index (κ3) is 3.05. The molecule has 0 spiro atoms. The molecule has 5 nitrogen and oxygen atoms in total. The van der Waals surface area contributed by atoms with Gasteiger partial charge in [-0.25, -0.2) is 0 Å². The van der Waals surface area contributed by atoms with Crippen LogP contribution in [0.25, 0.3) is 5.69 Å². The van der Waals surface area contributed by atoms with Gasteiger partial charge in [0.05, 0.1) is 10.9 Å². The Morgan fingerprint density at radius 1 is 1.12 bits per heavy atom. The molecular weight excluding hydrogens is 344 g/mol. The number of aromatic nitrogens is 4. The van der Waals surface area contributed by atoms with Gasteiger partial charge in [-0.05, 0) is 51.6 Å². The lowest BCUT2D eigenvalue weighted by Gasteiger charge is -2.19. The quantitative estimate of drug-likeness (QED) is 0.706. The van der Waals surface area contributed by atoms with Gasteiger partial charge in [-0.3, -0.25) is 4.79 Å². The van der Waals surface area contributed by atoms with Gasteiger partial charge in [-0.2, -0.15) is 4.68 Å². The van der Waals surface area contributed by atoms with Crippen molar-refractivity contribution in [3.05, 3.63) is 65.2 Å². The van der Waals surface area contributed by atoms with E-state index in [1.165, 1.54) is 17.3 Å². The molecule has 0 N–H and O–H groups in total. The summed E-state index contributed by atoms with van der Waals surface area (Å²) < 4.78 is 1.68. The van der Waals surface area contributed by atoms with E-state index in [1.807, 2.05) is 30.3 Å². The van der Waals surface area contributed by atoms with Gasteiger partial charge in [0.2, 0.25) is 5.16 Å². The summed E-state index contributed by atoms with van der Waals surface area (Å²) in [6.07, 6.45) is 0.713. The molecule has 0 bridgehead atoms. The highest BCUT2D eigenvalue weighted by atomic mass is 32.2. The van der Waals surface area contributed by atoms with Gasteiger partial charge in [-0.15, -0.1) is 5.10 Å². The highest BCUT2D eigenvalue weighted by Crippen LogP contribution is 2.36. The molecule has 0 saturated carbocycles. The van der Waals surface area contributed by atoms with E-state index in [2.05, 4.69) is 54.5 Å². The Kier molecular flexibility index (Phi) is 4.15. The van der Waals surface area contributed by atoms with Crippen molar-refractivity contribution in [2.45, 2.75) is 43.0 Å². The third-order valence-corrected chi connectivity index (χ3v) is 5.76.